The number of hydrogen-bond acceptors (Lipinski definition) is 3. The minimum Gasteiger partial charge on any atom is -0.367 e. The second kappa shape index (κ2) is 4.07. The van der Waals surface area contributed by atoms with Crippen molar-refractivity contribution >= 4 is 27.6 Å². The molecule has 4 nitrogen and oxygen atoms in total. The third-order valence-electron chi connectivity index (χ3n) is 2.86. The molecule has 0 unspecified atom stereocenters. The molecule has 0 amide bonds. The molecule has 17 heavy (non-hydrogen) atoms. The normalized spacial score (nSPS) is 11.1. The zero-order valence-electron chi connectivity index (χ0n) is 9.40. The molecular weight excluding hydrogens is 212 g/mol. The lowest BCUT2D eigenvalue weighted by molar-refractivity contribution is 1.01. The maximum Gasteiger partial charge on any atom is 0.150 e. The highest BCUT2D eigenvalue weighted by molar-refractivity contribution is 6.10. The Morgan fingerprint density at radius 2 is 2.06 bits per heavy atom. The number of para-hydroxylation sites is 1. The topological polar surface area (TPSA) is 66.7 Å². The van der Waals surface area contributed by atoms with Gasteiger partial charge >= 0.3 is 0 Å². The van der Waals surface area contributed by atoms with Crippen LogP contribution in [0.4, 0.5) is 5.82 Å². The fourth-order valence-electron chi connectivity index (χ4n) is 2.10. The van der Waals surface area contributed by atoms with E-state index in [9.17, 15) is 0 Å². The van der Waals surface area contributed by atoms with Gasteiger partial charge in [0.2, 0.25) is 0 Å². The number of nitrogens with zero attached hydrogens (tertiary/aromatic N) is 1. The largest absolute Gasteiger partial charge is 0.367 e. The van der Waals surface area contributed by atoms with Gasteiger partial charge in [-0.2, -0.15) is 0 Å². The van der Waals surface area contributed by atoms with E-state index in [2.05, 4.69) is 27.4 Å². The molecule has 86 valence electrons. The van der Waals surface area contributed by atoms with Gasteiger partial charge in [-0.25, -0.2) is 4.98 Å². The number of rotatable bonds is 3. The Balaban J connectivity index is 2.24. The van der Waals surface area contributed by atoms with Crippen molar-refractivity contribution in [3.63, 3.8) is 0 Å². The molecule has 4 N–H and O–H groups in total. The van der Waals surface area contributed by atoms with Gasteiger partial charge in [0.05, 0.1) is 5.52 Å². The SMILES string of the molecule is NCCNc1nccc2c1[nH]c1ccccc12. The molecule has 0 saturated carbocycles. The van der Waals surface area contributed by atoms with Gasteiger partial charge in [-0.05, 0) is 12.1 Å². The van der Waals surface area contributed by atoms with E-state index in [-0.39, 0.29) is 0 Å². The van der Waals surface area contributed by atoms with Gasteiger partial charge in [-0.1, -0.05) is 18.2 Å². The number of pyridine rings is 1. The fraction of sp³-hybridized carbons (Fsp3) is 0.154. The maximum absolute atomic E-state index is 5.50. The van der Waals surface area contributed by atoms with Crippen molar-refractivity contribution in [1.82, 2.24) is 9.97 Å². The number of aromatic amines is 1. The molecule has 0 fully saturated rings. The highest BCUT2D eigenvalue weighted by Crippen LogP contribution is 2.28. The summed E-state index contributed by atoms with van der Waals surface area (Å²) in [6.07, 6.45) is 1.82. The molecular formula is C13H14N4. The van der Waals surface area contributed by atoms with Gasteiger partial charge in [0.15, 0.2) is 0 Å². The molecule has 0 spiro atoms. The van der Waals surface area contributed by atoms with Gasteiger partial charge < -0.3 is 16.0 Å². The molecule has 0 saturated heterocycles. The minimum atomic E-state index is 0.596. The van der Waals surface area contributed by atoms with Crippen LogP contribution in [0.3, 0.4) is 0 Å². The van der Waals surface area contributed by atoms with Crippen LogP contribution in [-0.2, 0) is 0 Å². The molecule has 4 heteroatoms. The van der Waals surface area contributed by atoms with E-state index in [1.807, 2.05) is 24.4 Å². The Morgan fingerprint density at radius 3 is 2.94 bits per heavy atom. The lowest BCUT2D eigenvalue weighted by Gasteiger charge is -2.04. The summed E-state index contributed by atoms with van der Waals surface area (Å²) < 4.78 is 0. The van der Waals surface area contributed by atoms with Crippen molar-refractivity contribution in [3.8, 4) is 0 Å². The van der Waals surface area contributed by atoms with Crippen molar-refractivity contribution in [1.29, 1.82) is 0 Å². The molecule has 3 aromatic rings. The van der Waals surface area contributed by atoms with E-state index in [1.165, 1.54) is 10.8 Å². The number of fused-ring (bicyclic) bond motifs is 3. The van der Waals surface area contributed by atoms with Crippen LogP contribution in [0.5, 0.6) is 0 Å². The minimum absolute atomic E-state index is 0.596. The third kappa shape index (κ3) is 1.62. The summed E-state index contributed by atoms with van der Waals surface area (Å²) in [6.45, 7) is 1.32. The van der Waals surface area contributed by atoms with E-state index >= 15 is 0 Å². The first-order chi connectivity index (χ1) is 8.40. The van der Waals surface area contributed by atoms with E-state index in [4.69, 9.17) is 5.73 Å². The lowest BCUT2D eigenvalue weighted by atomic mass is 10.2. The molecule has 2 heterocycles. The van der Waals surface area contributed by atoms with Gasteiger partial charge in [-0.3, -0.25) is 0 Å². The van der Waals surface area contributed by atoms with Gasteiger partial charge in [0.25, 0.3) is 0 Å². The van der Waals surface area contributed by atoms with Crippen LogP contribution in [0.25, 0.3) is 21.8 Å². The Morgan fingerprint density at radius 1 is 1.18 bits per heavy atom. The van der Waals surface area contributed by atoms with Crippen molar-refractivity contribution < 1.29 is 0 Å². The number of hydrogen-bond donors (Lipinski definition) is 3. The van der Waals surface area contributed by atoms with Crippen molar-refractivity contribution in [2.24, 2.45) is 5.73 Å². The molecule has 0 radical (unpaired) electrons. The number of aromatic nitrogens is 2. The Labute approximate surface area is 98.8 Å². The van der Waals surface area contributed by atoms with Crippen LogP contribution >= 0.6 is 0 Å². The summed E-state index contributed by atoms with van der Waals surface area (Å²) in [4.78, 5) is 7.73. The third-order valence-corrected chi connectivity index (χ3v) is 2.86. The first-order valence-electron chi connectivity index (χ1n) is 5.69. The molecule has 0 aliphatic heterocycles. The van der Waals surface area contributed by atoms with Crippen LogP contribution in [0.1, 0.15) is 0 Å². The zero-order valence-corrected chi connectivity index (χ0v) is 9.40. The number of anilines is 1. The van der Waals surface area contributed by atoms with Crippen LogP contribution in [0, 0.1) is 0 Å². The van der Waals surface area contributed by atoms with Crippen LogP contribution in [0.15, 0.2) is 36.5 Å². The second-order valence-corrected chi connectivity index (χ2v) is 3.97. The summed E-state index contributed by atoms with van der Waals surface area (Å²) in [5, 5.41) is 5.64. The van der Waals surface area contributed by atoms with Crippen LogP contribution < -0.4 is 11.1 Å². The monoisotopic (exact) mass is 226 g/mol. The fourth-order valence-corrected chi connectivity index (χ4v) is 2.10. The zero-order chi connectivity index (χ0) is 11.7. The van der Waals surface area contributed by atoms with Crippen LogP contribution in [-0.4, -0.2) is 23.1 Å². The summed E-state index contributed by atoms with van der Waals surface area (Å²) >= 11 is 0. The Hall–Kier alpha value is -2.07. The first kappa shape index (κ1) is 10.1. The Kier molecular flexibility index (Phi) is 2.42. The van der Waals surface area contributed by atoms with E-state index in [1.54, 1.807) is 0 Å². The van der Waals surface area contributed by atoms with Crippen molar-refractivity contribution in [2.45, 2.75) is 0 Å². The second-order valence-electron chi connectivity index (χ2n) is 3.97. The maximum atomic E-state index is 5.50. The van der Waals surface area contributed by atoms with E-state index in [0.717, 1.165) is 23.4 Å². The average molecular weight is 226 g/mol. The quantitative estimate of drug-likeness (QED) is 0.640. The summed E-state index contributed by atoms with van der Waals surface area (Å²) in [6, 6.07) is 10.3. The van der Waals surface area contributed by atoms with Gasteiger partial charge in [-0.15, -0.1) is 0 Å². The van der Waals surface area contributed by atoms with E-state index in [0.29, 0.717) is 6.54 Å². The number of nitrogens with two attached hydrogens (primary N) is 1. The van der Waals surface area contributed by atoms with Crippen LogP contribution in [0.2, 0.25) is 0 Å². The molecule has 3 rings (SSSR count). The Bertz CT molecular complexity index is 657. The molecule has 0 aliphatic carbocycles. The smallest absolute Gasteiger partial charge is 0.150 e. The van der Waals surface area contributed by atoms with Crippen molar-refractivity contribution in [3.05, 3.63) is 36.5 Å². The highest BCUT2D eigenvalue weighted by Gasteiger charge is 2.07. The van der Waals surface area contributed by atoms with E-state index < -0.39 is 0 Å². The molecule has 2 aromatic heterocycles. The van der Waals surface area contributed by atoms with Gasteiger partial charge in [0, 0.05) is 35.6 Å². The molecule has 0 bridgehead atoms. The number of H-pyrrole nitrogens is 1. The summed E-state index contributed by atoms with van der Waals surface area (Å²) in [7, 11) is 0. The molecule has 0 atom stereocenters. The van der Waals surface area contributed by atoms with Gasteiger partial charge in [0.1, 0.15) is 5.82 Å². The number of nitrogens with one attached hydrogen (secondary N) is 2. The molecule has 1 aromatic carbocycles. The lowest BCUT2D eigenvalue weighted by Crippen LogP contribution is -2.14. The predicted octanol–water partition coefficient (Wildman–Crippen LogP) is 2.09. The average Bonchev–Trinajstić information content (AvgIpc) is 2.75. The highest BCUT2D eigenvalue weighted by atomic mass is 15.0. The summed E-state index contributed by atoms with van der Waals surface area (Å²) in [5.74, 6) is 0.865. The standard InChI is InChI=1S/C13H14N4/c14-6-8-16-13-12-10(5-7-15-13)9-3-1-2-4-11(9)17-12/h1-5,7,17H,6,8,14H2,(H,15,16). The summed E-state index contributed by atoms with van der Waals surface area (Å²) in [5.41, 5.74) is 7.67. The number of benzene rings is 1. The van der Waals surface area contributed by atoms with Crippen molar-refractivity contribution in [2.75, 3.05) is 18.4 Å². The predicted molar refractivity (Wildman–Crippen MR) is 71.1 cm³/mol. The molecule has 0 aliphatic rings. The first-order valence-corrected chi connectivity index (χ1v) is 5.69.